The summed E-state index contributed by atoms with van der Waals surface area (Å²) in [6, 6.07) is 0.606. The van der Waals surface area contributed by atoms with Gasteiger partial charge in [-0.25, -0.2) is 0 Å². The maximum atomic E-state index is 6.13. The summed E-state index contributed by atoms with van der Waals surface area (Å²) in [6.07, 6.45) is 8.36. The third-order valence-electron chi connectivity index (χ3n) is 4.87. The van der Waals surface area contributed by atoms with Gasteiger partial charge in [0.25, 0.3) is 0 Å². The largest absolute Gasteiger partial charge is 0.394 e. The molecule has 7 heteroatoms. The van der Waals surface area contributed by atoms with Gasteiger partial charge < -0.3 is 17.7 Å². The summed E-state index contributed by atoms with van der Waals surface area (Å²) in [5, 5.41) is 0. The molecule has 1 aliphatic rings. The molecule has 0 bridgehead atoms. The quantitative estimate of drug-likeness (QED) is 0.444. The molecule has 0 aliphatic heterocycles. The molecule has 1 saturated carbocycles. The van der Waals surface area contributed by atoms with E-state index in [1.165, 1.54) is 32.1 Å². The van der Waals surface area contributed by atoms with Crippen molar-refractivity contribution in [1.29, 1.82) is 0 Å². The second-order valence-electron chi connectivity index (χ2n) is 7.20. The lowest BCUT2D eigenvalue weighted by molar-refractivity contribution is 0.117. The van der Waals surface area contributed by atoms with Crippen molar-refractivity contribution in [3.05, 3.63) is 0 Å². The molecule has 0 aromatic rings. The van der Waals surface area contributed by atoms with E-state index in [0.717, 1.165) is 12.3 Å². The Hall–Kier alpha value is 0.234. The van der Waals surface area contributed by atoms with Crippen molar-refractivity contribution in [3.8, 4) is 0 Å². The van der Waals surface area contributed by atoms with E-state index < -0.39 is 17.1 Å². The van der Waals surface area contributed by atoms with Crippen molar-refractivity contribution in [2.24, 2.45) is 0 Å². The third-order valence-corrected chi connectivity index (χ3v) is 10.4. The predicted molar refractivity (Wildman–Crippen MR) is 108 cm³/mol. The highest BCUT2D eigenvalue weighted by atomic mass is 28.4. The van der Waals surface area contributed by atoms with Gasteiger partial charge in [-0.2, -0.15) is 0 Å². The second kappa shape index (κ2) is 11.8. The van der Waals surface area contributed by atoms with E-state index in [9.17, 15) is 0 Å². The molecule has 1 fully saturated rings. The highest BCUT2D eigenvalue weighted by Crippen LogP contribution is 2.26. The van der Waals surface area contributed by atoms with E-state index in [1.807, 2.05) is 0 Å². The van der Waals surface area contributed by atoms with Crippen molar-refractivity contribution in [2.45, 2.75) is 78.9 Å². The van der Waals surface area contributed by atoms with Crippen molar-refractivity contribution >= 4 is 17.1 Å². The molecule has 1 rings (SSSR count). The first kappa shape index (κ1) is 23.3. The van der Waals surface area contributed by atoms with Gasteiger partial charge in [-0.1, -0.05) is 19.3 Å². The standard InChI is InChI=1S/C18H41NO4Si2/c1-7-20-24(5,21-8-2)16-19(18-14-12-11-13-15-18)17-25(6,22-9-3)23-10-4/h18H,7-17H2,1-6H3. The summed E-state index contributed by atoms with van der Waals surface area (Å²) >= 11 is 0. The molecule has 0 spiro atoms. The van der Waals surface area contributed by atoms with Gasteiger partial charge in [0, 0.05) is 44.8 Å². The van der Waals surface area contributed by atoms with Crippen LogP contribution in [0.4, 0.5) is 0 Å². The monoisotopic (exact) mass is 391 g/mol. The van der Waals surface area contributed by atoms with E-state index in [2.05, 4.69) is 45.7 Å². The zero-order valence-corrected chi connectivity index (χ0v) is 19.4. The first-order valence-electron chi connectivity index (χ1n) is 10.2. The van der Waals surface area contributed by atoms with Gasteiger partial charge in [0.15, 0.2) is 0 Å². The minimum atomic E-state index is -2.21. The molecule has 0 amide bonds. The van der Waals surface area contributed by atoms with Crippen LogP contribution in [0.25, 0.3) is 0 Å². The number of hydrogen-bond acceptors (Lipinski definition) is 5. The van der Waals surface area contributed by atoms with E-state index in [0.29, 0.717) is 32.5 Å². The third kappa shape index (κ3) is 8.20. The SMILES string of the molecule is CCO[Si](C)(CN(C[Si](C)(OCC)OCC)C1CCCCC1)OCC. The molecule has 1 aliphatic carbocycles. The topological polar surface area (TPSA) is 40.2 Å². The Kier molecular flexibility index (Phi) is 11.0. The smallest absolute Gasteiger partial charge is 0.349 e. The number of rotatable bonds is 13. The maximum absolute atomic E-state index is 6.13. The van der Waals surface area contributed by atoms with Crippen molar-refractivity contribution in [2.75, 3.05) is 38.8 Å². The lowest BCUT2D eigenvalue weighted by Gasteiger charge is -2.42. The molecular formula is C18H41NO4Si2. The predicted octanol–water partition coefficient (Wildman–Crippen LogP) is 3.99. The molecular weight excluding hydrogens is 350 g/mol. The lowest BCUT2D eigenvalue weighted by atomic mass is 9.95. The highest BCUT2D eigenvalue weighted by Gasteiger charge is 2.41. The van der Waals surface area contributed by atoms with Crippen LogP contribution in [-0.4, -0.2) is 66.8 Å². The van der Waals surface area contributed by atoms with Crippen LogP contribution in [0, 0.1) is 0 Å². The summed E-state index contributed by atoms with van der Waals surface area (Å²) < 4.78 is 24.5. The van der Waals surface area contributed by atoms with Crippen LogP contribution in [0.1, 0.15) is 59.8 Å². The summed E-state index contributed by atoms with van der Waals surface area (Å²) in [4.78, 5) is 2.61. The summed E-state index contributed by atoms with van der Waals surface area (Å²) in [5.74, 6) is 0. The van der Waals surface area contributed by atoms with Crippen LogP contribution >= 0.6 is 0 Å². The molecule has 0 N–H and O–H groups in total. The van der Waals surface area contributed by atoms with Gasteiger partial charge in [0.2, 0.25) is 0 Å². The fourth-order valence-corrected chi connectivity index (χ4v) is 9.40. The Morgan fingerprint density at radius 3 is 1.36 bits per heavy atom. The molecule has 0 radical (unpaired) electrons. The normalized spacial score (nSPS) is 17.4. The Bertz CT molecular complexity index is 318. The summed E-state index contributed by atoms with van der Waals surface area (Å²) in [6.45, 7) is 15.5. The molecule has 5 nitrogen and oxygen atoms in total. The van der Waals surface area contributed by atoms with Gasteiger partial charge >= 0.3 is 17.1 Å². The van der Waals surface area contributed by atoms with Crippen LogP contribution in [0.5, 0.6) is 0 Å². The minimum Gasteiger partial charge on any atom is -0.394 e. The molecule has 0 aromatic carbocycles. The molecule has 0 unspecified atom stereocenters. The number of nitrogens with zero attached hydrogens (tertiary/aromatic N) is 1. The Morgan fingerprint density at radius 2 is 1.04 bits per heavy atom. The van der Waals surface area contributed by atoms with Crippen LogP contribution in [0.2, 0.25) is 13.1 Å². The fraction of sp³-hybridized carbons (Fsp3) is 1.00. The first-order valence-corrected chi connectivity index (χ1v) is 15.3. The lowest BCUT2D eigenvalue weighted by Crippen LogP contribution is -2.59. The summed E-state index contributed by atoms with van der Waals surface area (Å²) in [7, 11) is -4.41. The average Bonchev–Trinajstić information content (AvgIpc) is 2.56. The van der Waals surface area contributed by atoms with Crippen LogP contribution in [-0.2, 0) is 17.7 Å². The molecule has 0 saturated heterocycles. The van der Waals surface area contributed by atoms with Gasteiger partial charge in [0.05, 0.1) is 0 Å². The van der Waals surface area contributed by atoms with Gasteiger partial charge in [-0.05, 0) is 53.6 Å². The van der Waals surface area contributed by atoms with E-state index in [-0.39, 0.29) is 0 Å². The van der Waals surface area contributed by atoms with Crippen molar-refractivity contribution < 1.29 is 17.7 Å². The highest BCUT2D eigenvalue weighted by molar-refractivity contribution is 6.67. The fourth-order valence-electron chi connectivity index (χ4n) is 3.99. The average molecular weight is 392 g/mol. The second-order valence-corrected chi connectivity index (χ2v) is 13.5. The maximum Gasteiger partial charge on any atom is 0.349 e. The van der Waals surface area contributed by atoms with E-state index in [4.69, 9.17) is 17.7 Å². The Balaban J connectivity index is 2.93. The molecule has 150 valence electrons. The van der Waals surface area contributed by atoms with Crippen LogP contribution < -0.4 is 0 Å². The molecule has 0 heterocycles. The molecule has 25 heavy (non-hydrogen) atoms. The first-order chi connectivity index (χ1) is 11.9. The number of hydrogen-bond donors (Lipinski definition) is 0. The molecule has 0 atom stereocenters. The summed E-state index contributed by atoms with van der Waals surface area (Å²) in [5.41, 5.74) is 0. The molecule has 0 aromatic heterocycles. The zero-order valence-electron chi connectivity index (χ0n) is 17.4. The van der Waals surface area contributed by atoms with Crippen LogP contribution in [0.15, 0.2) is 0 Å². The Labute approximate surface area is 157 Å². The van der Waals surface area contributed by atoms with Crippen molar-refractivity contribution in [3.63, 3.8) is 0 Å². The van der Waals surface area contributed by atoms with Gasteiger partial charge in [0.1, 0.15) is 0 Å². The van der Waals surface area contributed by atoms with Crippen molar-refractivity contribution in [1.82, 2.24) is 4.90 Å². The van der Waals surface area contributed by atoms with Gasteiger partial charge in [-0.3, -0.25) is 4.90 Å². The zero-order chi connectivity index (χ0) is 18.8. The van der Waals surface area contributed by atoms with E-state index >= 15 is 0 Å². The minimum absolute atomic E-state index is 0.606. The Morgan fingerprint density at radius 1 is 0.680 bits per heavy atom. The van der Waals surface area contributed by atoms with E-state index in [1.54, 1.807) is 0 Å². The van der Waals surface area contributed by atoms with Crippen LogP contribution in [0.3, 0.4) is 0 Å². The van der Waals surface area contributed by atoms with Gasteiger partial charge in [-0.15, -0.1) is 0 Å².